The van der Waals surface area contributed by atoms with Crippen molar-refractivity contribution in [3.8, 4) is 5.75 Å². The summed E-state index contributed by atoms with van der Waals surface area (Å²) in [4.78, 5) is 1.42. The predicted octanol–water partition coefficient (Wildman–Crippen LogP) is 4.03. The van der Waals surface area contributed by atoms with Crippen LogP contribution in [0, 0.1) is 0 Å². The number of ether oxygens (including phenoxy) is 1. The molecule has 0 saturated carbocycles. The minimum atomic E-state index is 0.445. The molecule has 1 atom stereocenters. The maximum absolute atomic E-state index is 5.67. The molecule has 0 saturated heterocycles. The highest BCUT2D eigenvalue weighted by Crippen LogP contribution is 2.18. The number of benzene rings is 1. The molecule has 2 rings (SSSR count). The average Bonchev–Trinajstić information content (AvgIpc) is 2.96. The Morgan fingerprint density at radius 3 is 2.90 bits per heavy atom. The highest BCUT2D eigenvalue weighted by molar-refractivity contribution is 7.09. The smallest absolute Gasteiger partial charge is 0.124 e. The fourth-order valence-corrected chi connectivity index (χ4v) is 2.86. The van der Waals surface area contributed by atoms with Gasteiger partial charge in [-0.15, -0.1) is 11.3 Å². The van der Waals surface area contributed by atoms with Gasteiger partial charge in [0.25, 0.3) is 0 Å². The van der Waals surface area contributed by atoms with E-state index in [0.29, 0.717) is 12.6 Å². The maximum atomic E-state index is 5.67. The van der Waals surface area contributed by atoms with Crippen molar-refractivity contribution < 1.29 is 4.74 Å². The van der Waals surface area contributed by atoms with Crippen LogP contribution in [0.2, 0.25) is 0 Å². The second-order valence-corrected chi connectivity index (χ2v) is 5.81. The molecule has 0 spiro atoms. The van der Waals surface area contributed by atoms with E-state index < -0.39 is 0 Å². The lowest BCUT2D eigenvalue weighted by Crippen LogP contribution is -2.27. The molecule has 0 aliphatic carbocycles. The largest absolute Gasteiger partial charge is 0.489 e. The molecular weight excluding hydrogens is 266 g/mol. The summed E-state index contributed by atoms with van der Waals surface area (Å²) < 4.78 is 5.67. The zero-order valence-corrected chi connectivity index (χ0v) is 12.7. The third-order valence-corrected chi connectivity index (χ3v) is 3.96. The molecule has 0 bridgehead atoms. The number of nitrogens with one attached hydrogen (secondary N) is 1. The van der Waals surface area contributed by atoms with E-state index in [1.54, 1.807) is 6.08 Å². The van der Waals surface area contributed by atoms with Crippen molar-refractivity contribution >= 4 is 11.3 Å². The van der Waals surface area contributed by atoms with Crippen LogP contribution in [0.5, 0.6) is 5.75 Å². The SMILES string of the molecule is C=CCOc1ccccc1CNC(C)Cc1cccs1. The average molecular weight is 287 g/mol. The monoisotopic (exact) mass is 287 g/mol. The van der Waals surface area contributed by atoms with Gasteiger partial charge in [-0.3, -0.25) is 0 Å². The summed E-state index contributed by atoms with van der Waals surface area (Å²) in [6.45, 7) is 7.26. The molecule has 0 aliphatic rings. The van der Waals surface area contributed by atoms with E-state index in [2.05, 4.69) is 42.4 Å². The van der Waals surface area contributed by atoms with Crippen molar-refractivity contribution in [1.29, 1.82) is 0 Å². The van der Waals surface area contributed by atoms with Gasteiger partial charge >= 0.3 is 0 Å². The van der Waals surface area contributed by atoms with E-state index in [9.17, 15) is 0 Å². The molecule has 2 aromatic rings. The van der Waals surface area contributed by atoms with Crippen LogP contribution in [0.15, 0.2) is 54.4 Å². The molecule has 1 aromatic carbocycles. The van der Waals surface area contributed by atoms with E-state index in [0.717, 1.165) is 18.7 Å². The molecule has 106 valence electrons. The van der Waals surface area contributed by atoms with E-state index in [4.69, 9.17) is 4.74 Å². The quantitative estimate of drug-likeness (QED) is 0.740. The van der Waals surface area contributed by atoms with Crippen LogP contribution in [0.1, 0.15) is 17.4 Å². The first-order valence-electron chi connectivity index (χ1n) is 6.87. The molecule has 1 aromatic heterocycles. The summed E-state index contributed by atoms with van der Waals surface area (Å²) in [5.41, 5.74) is 1.19. The predicted molar refractivity (Wildman–Crippen MR) is 86.5 cm³/mol. The highest BCUT2D eigenvalue weighted by atomic mass is 32.1. The van der Waals surface area contributed by atoms with Gasteiger partial charge in [-0.05, 0) is 30.9 Å². The third kappa shape index (κ3) is 4.51. The lowest BCUT2D eigenvalue weighted by Gasteiger charge is -2.15. The molecule has 0 fully saturated rings. The Bertz CT molecular complexity index is 522. The lowest BCUT2D eigenvalue weighted by molar-refractivity contribution is 0.357. The number of hydrogen-bond acceptors (Lipinski definition) is 3. The summed E-state index contributed by atoms with van der Waals surface area (Å²) in [6.07, 6.45) is 2.83. The van der Waals surface area contributed by atoms with Crippen molar-refractivity contribution in [3.05, 3.63) is 64.9 Å². The maximum Gasteiger partial charge on any atom is 0.124 e. The van der Waals surface area contributed by atoms with Crippen molar-refractivity contribution in [3.63, 3.8) is 0 Å². The summed E-state index contributed by atoms with van der Waals surface area (Å²) in [5.74, 6) is 0.934. The second kappa shape index (κ2) is 7.88. The molecule has 1 heterocycles. The minimum Gasteiger partial charge on any atom is -0.489 e. The van der Waals surface area contributed by atoms with Crippen LogP contribution < -0.4 is 10.1 Å². The van der Waals surface area contributed by atoms with Crippen molar-refractivity contribution in [2.24, 2.45) is 0 Å². The number of hydrogen-bond donors (Lipinski definition) is 1. The van der Waals surface area contributed by atoms with Gasteiger partial charge in [0.05, 0.1) is 0 Å². The molecule has 0 amide bonds. The lowest BCUT2D eigenvalue weighted by atomic mass is 10.1. The zero-order chi connectivity index (χ0) is 14.2. The zero-order valence-electron chi connectivity index (χ0n) is 11.8. The highest BCUT2D eigenvalue weighted by Gasteiger charge is 2.06. The van der Waals surface area contributed by atoms with Gasteiger partial charge in [-0.25, -0.2) is 0 Å². The summed E-state index contributed by atoms with van der Waals surface area (Å²) in [6, 6.07) is 12.9. The van der Waals surface area contributed by atoms with Gasteiger partial charge in [0, 0.05) is 23.0 Å². The number of para-hydroxylation sites is 1. The van der Waals surface area contributed by atoms with Crippen molar-refractivity contribution in [2.75, 3.05) is 6.61 Å². The normalized spacial score (nSPS) is 12.1. The Labute approximate surface area is 125 Å². The van der Waals surface area contributed by atoms with Crippen LogP contribution in [0.25, 0.3) is 0 Å². The van der Waals surface area contributed by atoms with Crippen LogP contribution in [0.3, 0.4) is 0 Å². The summed E-state index contributed by atoms with van der Waals surface area (Å²) in [5, 5.41) is 5.68. The van der Waals surface area contributed by atoms with Gasteiger partial charge in [0.2, 0.25) is 0 Å². The van der Waals surface area contributed by atoms with Gasteiger partial charge in [0.1, 0.15) is 12.4 Å². The van der Waals surface area contributed by atoms with Crippen LogP contribution in [-0.4, -0.2) is 12.6 Å². The third-order valence-electron chi connectivity index (χ3n) is 3.06. The Morgan fingerprint density at radius 2 is 2.15 bits per heavy atom. The van der Waals surface area contributed by atoms with Gasteiger partial charge in [-0.2, -0.15) is 0 Å². The topological polar surface area (TPSA) is 21.3 Å². The van der Waals surface area contributed by atoms with E-state index in [1.165, 1.54) is 10.4 Å². The fourth-order valence-electron chi connectivity index (χ4n) is 2.03. The Balaban J connectivity index is 1.88. The first-order chi connectivity index (χ1) is 9.79. The molecule has 0 radical (unpaired) electrons. The van der Waals surface area contributed by atoms with Crippen molar-refractivity contribution in [2.45, 2.75) is 25.9 Å². The Hall–Kier alpha value is -1.58. The van der Waals surface area contributed by atoms with Crippen molar-refractivity contribution in [1.82, 2.24) is 5.32 Å². The molecule has 0 aliphatic heterocycles. The first-order valence-corrected chi connectivity index (χ1v) is 7.75. The number of thiophene rings is 1. The molecule has 3 heteroatoms. The molecular formula is C17H21NOS. The Morgan fingerprint density at radius 1 is 1.30 bits per heavy atom. The molecule has 20 heavy (non-hydrogen) atoms. The Kier molecular flexibility index (Phi) is 5.84. The fraction of sp³-hybridized carbons (Fsp3) is 0.294. The van der Waals surface area contributed by atoms with Gasteiger partial charge in [0.15, 0.2) is 0 Å². The van der Waals surface area contributed by atoms with E-state index in [1.807, 2.05) is 29.5 Å². The molecule has 1 N–H and O–H groups in total. The van der Waals surface area contributed by atoms with E-state index >= 15 is 0 Å². The minimum absolute atomic E-state index is 0.445. The van der Waals surface area contributed by atoms with Gasteiger partial charge < -0.3 is 10.1 Å². The van der Waals surface area contributed by atoms with E-state index in [-0.39, 0.29) is 0 Å². The van der Waals surface area contributed by atoms with Crippen LogP contribution in [0.4, 0.5) is 0 Å². The standard InChI is InChI=1S/C17H21NOS/c1-3-10-19-17-9-5-4-7-15(17)13-18-14(2)12-16-8-6-11-20-16/h3-9,11,14,18H,1,10,12-13H2,2H3. The summed E-state index contributed by atoms with van der Waals surface area (Å²) >= 11 is 1.81. The second-order valence-electron chi connectivity index (χ2n) is 4.77. The first kappa shape index (κ1) is 14.8. The summed E-state index contributed by atoms with van der Waals surface area (Å²) in [7, 11) is 0. The van der Waals surface area contributed by atoms with Crippen LogP contribution >= 0.6 is 11.3 Å². The number of rotatable bonds is 8. The van der Waals surface area contributed by atoms with Crippen LogP contribution in [-0.2, 0) is 13.0 Å². The van der Waals surface area contributed by atoms with Gasteiger partial charge in [-0.1, -0.05) is 36.9 Å². The molecule has 2 nitrogen and oxygen atoms in total. The molecule has 1 unspecified atom stereocenters.